The lowest BCUT2D eigenvalue weighted by Crippen LogP contribution is -2.13. The van der Waals surface area contributed by atoms with Crippen molar-refractivity contribution in [2.45, 2.75) is 0 Å². The van der Waals surface area contributed by atoms with Crippen molar-refractivity contribution in [2.75, 3.05) is 19.5 Å². The standard InChI is InChI=1S/C19H15FN4O3S/c1-26-14-7-12(8-15(9-14)27-2)17(25)21-18-22-19-24(23-18)16(10-28-19)11-3-5-13(20)6-4-11/h3-10H,1-2H3,(H,21,23,25). The summed E-state index contributed by atoms with van der Waals surface area (Å²) < 4.78 is 25.1. The van der Waals surface area contributed by atoms with Gasteiger partial charge < -0.3 is 9.47 Å². The molecule has 0 fully saturated rings. The number of anilines is 1. The second kappa shape index (κ2) is 7.28. The van der Waals surface area contributed by atoms with Gasteiger partial charge in [-0.2, -0.15) is 4.98 Å². The number of methoxy groups -OCH3 is 2. The average Bonchev–Trinajstić information content (AvgIpc) is 3.28. The van der Waals surface area contributed by atoms with Crippen LogP contribution in [0.1, 0.15) is 10.4 Å². The van der Waals surface area contributed by atoms with Crippen LogP contribution in [0, 0.1) is 5.82 Å². The minimum Gasteiger partial charge on any atom is -0.497 e. The number of nitrogens with zero attached hydrogens (tertiary/aromatic N) is 3. The summed E-state index contributed by atoms with van der Waals surface area (Å²) in [6.45, 7) is 0. The van der Waals surface area contributed by atoms with Crippen LogP contribution in [-0.2, 0) is 0 Å². The van der Waals surface area contributed by atoms with E-state index in [9.17, 15) is 9.18 Å². The molecule has 2 aromatic heterocycles. The molecule has 0 spiro atoms. The molecule has 28 heavy (non-hydrogen) atoms. The minimum absolute atomic E-state index is 0.169. The molecule has 0 atom stereocenters. The number of hydrogen-bond donors (Lipinski definition) is 1. The number of amides is 1. The van der Waals surface area contributed by atoms with Gasteiger partial charge in [-0.05, 0) is 36.4 Å². The molecule has 0 saturated heterocycles. The molecule has 0 aliphatic heterocycles. The molecule has 9 heteroatoms. The molecule has 0 radical (unpaired) electrons. The topological polar surface area (TPSA) is 77.8 Å². The van der Waals surface area contributed by atoms with Crippen molar-refractivity contribution in [1.29, 1.82) is 0 Å². The maximum atomic E-state index is 13.2. The normalized spacial score (nSPS) is 10.8. The van der Waals surface area contributed by atoms with Crippen LogP contribution < -0.4 is 14.8 Å². The van der Waals surface area contributed by atoms with Gasteiger partial charge in [0.1, 0.15) is 17.3 Å². The second-order valence-corrected chi connectivity index (χ2v) is 6.65. The molecule has 7 nitrogen and oxygen atoms in total. The summed E-state index contributed by atoms with van der Waals surface area (Å²) in [4.78, 5) is 17.5. The Hall–Kier alpha value is -3.46. The van der Waals surface area contributed by atoms with Crippen LogP contribution in [0.4, 0.5) is 10.3 Å². The van der Waals surface area contributed by atoms with E-state index in [2.05, 4.69) is 15.4 Å². The van der Waals surface area contributed by atoms with Crippen molar-refractivity contribution < 1.29 is 18.7 Å². The zero-order chi connectivity index (χ0) is 19.7. The van der Waals surface area contributed by atoms with E-state index in [0.717, 1.165) is 11.3 Å². The Bertz CT molecular complexity index is 1130. The van der Waals surface area contributed by atoms with Crippen LogP contribution in [0.15, 0.2) is 47.8 Å². The van der Waals surface area contributed by atoms with Crippen LogP contribution >= 0.6 is 11.3 Å². The van der Waals surface area contributed by atoms with Crippen molar-refractivity contribution in [2.24, 2.45) is 0 Å². The van der Waals surface area contributed by atoms with Crippen molar-refractivity contribution in [3.05, 3.63) is 59.2 Å². The molecular formula is C19H15FN4O3S. The Labute approximate surface area is 163 Å². The highest BCUT2D eigenvalue weighted by atomic mass is 32.1. The number of hydrogen-bond acceptors (Lipinski definition) is 6. The van der Waals surface area contributed by atoms with E-state index in [4.69, 9.17) is 9.47 Å². The van der Waals surface area contributed by atoms with Crippen LogP contribution in [0.25, 0.3) is 16.2 Å². The molecule has 2 aromatic carbocycles. The second-order valence-electron chi connectivity index (χ2n) is 5.81. The first-order chi connectivity index (χ1) is 13.6. The van der Waals surface area contributed by atoms with Gasteiger partial charge in [-0.25, -0.2) is 8.91 Å². The molecule has 1 N–H and O–H groups in total. The molecule has 1 amide bonds. The van der Waals surface area contributed by atoms with E-state index >= 15 is 0 Å². The van der Waals surface area contributed by atoms with E-state index < -0.39 is 5.91 Å². The van der Waals surface area contributed by atoms with E-state index in [-0.39, 0.29) is 11.8 Å². The quantitative estimate of drug-likeness (QED) is 0.552. The zero-order valence-corrected chi connectivity index (χ0v) is 15.8. The fourth-order valence-corrected chi connectivity index (χ4v) is 3.50. The van der Waals surface area contributed by atoms with Gasteiger partial charge in [-0.1, -0.05) is 0 Å². The van der Waals surface area contributed by atoms with Crippen LogP contribution in [0.2, 0.25) is 0 Å². The van der Waals surface area contributed by atoms with E-state index in [0.29, 0.717) is 22.0 Å². The van der Waals surface area contributed by atoms with Crippen LogP contribution in [0.3, 0.4) is 0 Å². The number of nitrogens with one attached hydrogen (secondary N) is 1. The number of thiazole rings is 1. The highest BCUT2D eigenvalue weighted by Gasteiger charge is 2.15. The lowest BCUT2D eigenvalue weighted by molar-refractivity contribution is 0.102. The zero-order valence-electron chi connectivity index (χ0n) is 15.0. The maximum absolute atomic E-state index is 13.2. The number of halogens is 1. The molecule has 4 rings (SSSR count). The van der Waals surface area contributed by atoms with Gasteiger partial charge in [0.2, 0.25) is 4.96 Å². The first-order valence-corrected chi connectivity index (χ1v) is 9.10. The lowest BCUT2D eigenvalue weighted by atomic mass is 10.2. The first-order valence-electron chi connectivity index (χ1n) is 8.22. The number of ether oxygens (including phenoxy) is 2. The fourth-order valence-electron chi connectivity index (χ4n) is 2.67. The van der Waals surface area contributed by atoms with Gasteiger partial charge in [0, 0.05) is 22.6 Å². The van der Waals surface area contributed by atoms with Crippen LogP contribution in [-0.4, -0.2) is 34.7 Å². The minimum atomic E-state index is -0.390. The van der Waals surface area contributed by atoms with Gasteiger partial charge in [-0.15, -0.1) is 16.4 Å². The molecule has 0 bridgehead atoms. The predicted octanol–water partition coefficient (Wildman–Crippen LogP) is 3.87. The van der Waals surface area contributed by atoms with E-state index in [1.54, 1.807) is 34.8 Å². The van der Waals surface area contributed by atoms with Crippen molar-refractivity contribution in [1.82, 2.24) is 14.6 Å². The molecule has 0 aliphatic rings. The van der Waals surface area contributed by atoms with E-state index in [1.807, 2.05) is 5.38 Å². The third kappa shape index (κ3) is 3.39. The summed E-state index contributed by atoms with van der Waals surface area (Å²) in [5, 5.41) is 8.90. The molecule has 0 unspecified atom stereocenters. The van der Waals surface area contributed by atoms with Gasteiger partial charge in [0.05, 0.1) is 19.9 Å². The number of carbonyl (C=O) groups excluding carboxylic acids is 1. The Morgan fingerprint density at radius 3 is 2.43 bits per heavy atom. The van der Waals surface area contributed by atoms with Gasteiger partial charge in [-0.3, -0.25) is 10.1 Å². The number of carbonyl (C=O) groups is 1. The van der Waals surface area contributed by atoms with Gasteiger partial charge in [0.25, 0.3) is 11.9 Å². The summed E-state index contributed by atoms with van der Waals surface area (Å²) >= 11 is 1.37. The SMILES string of the molecule is COc1cc(OC)cc(C(=O)Nc2nc3scc(-c4ccc(F)cc4)n3n2)c1. The Kier molecular flexibility index (Phi) is 4.66. The van der Waals surface area contributed by atoms with E-state index in [1.165, 1.54) is 37.7 Å². The molecule has 4 aromatic rings. The van der Waals surface area contributed by atoms with Crippen molar-refractivity contribution in [3.63, 3.8) is 0 Å². The Balaban J connectivity index is 1.62. The highest BCUT2D eigenvalue weighted by Crippen LogP contribution is 2.27. The molecule has 0 saturated carbocycles. The predicted molar refractivity (Wildman–Crippen MR) is 104 cm³/mol. The largest absolute Gasteiger partial charge is 0.497 e. The summed E-state index contributed by atoms with van der Waals surface area (Å²) in [7, 11) is 3.02. The third-order valence-electron chi connectivity index (χ3n) is 4.06. The summed E-state index contributed by atoms with van der Waals surface area (Å²) in [6, 6.07) is 11.0. The van der Waals surface area contributed by atoms with Crippen LogP contribution in [0.5, 0.6) is 11.5 Å². The average molecular weight is 398 g/mol. The Morgan fingerprint density at radius 2 is 1.79 bits per heavy atom. The fraction of sp³-hybridized carbons (Fsp3) is 0.105. The van der Waals surface area contributed by atoms with Crippen molar-refractivity contribution in [3.8, 4) is 22.8 Å². The lowest BCUT2D eigenvalue weighted by Gasteiger charge is -2.07. The summed E-state index contributed by atoms with van der Waals surface area (Å²) in [5.41, 5.74) is 1.91. The third-order valence-corrected chi connectivity index (χ3v) is 4.88. The number of benzene rings is 2. The summed E-state index contributed by atoms with van der Waals surface area (Å²) in [6.07, 6.45) is 0. The highest BCUT2D eigenvalue weighted by molar-refractivity contribution is 7.15. The maximum Gasteiger partial charge on any atom is 0.258 e. The molecular weight excluding hydrogens is 383 g/mol. The number of aromatic nitrogens is 3. The number of fused-ring (bicyclic) bond motifs is 1. The van der Waals surface area contributed by atoms with Gasteiger partial charge >= 0.3 is 0 Å². The smallest absolute Gasteiger partial charge is 0.258 e. The first kappa shape index (κ1) is 17.9. The molecule has 142 valence electrons. The molecule has 2 heterocycles. The Morgan fingerprint density at radius 1 is 1.11 bits per heavy atom. The monoisotopic (exact) mass is 398 g/mol. The number of rotatable bonds is 5. The summed E-state index contributed by atoms with van der Waals surface area (Å²) in [5.74, 6) is 0.472. The van der Waals surface area contributed by atoms with Gasteiger partial charge in [0.15, 0.2) is 0 Å². The van der Waals surface area contributed by atoms with Crippen molar-refractivity contribution >= 4 is 28.2 Å². The molecule has 0 aliphatic carbocycles.